The summed E-state index contributed by atoms with van der Waals surface area (Å²) in [5.41, 5.74) is 0. The normalized spacial score (nSPS) is 15.5. The Morgan fingerprint density at radius 3 is 2.75 bits per heavy atom. The predicted molar refractivity (Wildman–Crippen MR) is 112 cm³/mol. The van der Waals surface area contributed by atoms with Gasteiger partial charge in [0.05, 0.1) is 0 Å². The SMILES string of the molecule is CCNC(=NCC(=O)NC1CCCCC1)NCCc1cccs1.I. The first-order valence-corrected chi connectivity index (χ1v) is 9.50. The molecule has 24 heavy (non-hydrogen) atoms. The molecular formula is C17H29IN4OS. The summed E-state index contributed by atoms with van der Waals surface area (Å²) in [4.78, 5) is 17.7. The third-order valence-corrected chi connectivity index (χ3v) is 4.88. The monoisotopic (exact) mass is 464 g/mol. The maximum absolute atomic E-state index is 12.0. The molecule has 0 aromatic carbocycles. The van der Waals surface area contributed by atoms with Crippen LogP contribution in [0.4, 0.5) is 0 Å². The van der Waals surface area contributed by atoms with Gasteiger partial charge in [-0.15, -0.1) is 35.3 Å². The van der Waals surface area contributed by atoms with Crippen LogP contribution in [0.2, 0.25) is 0 Å². The van der Waals surface area contributed by atoms with Crippen molar-refractivity contribution in [2.24, 2.45) is 4.99 Å². The summed E-state index contributed by atoms with van der Waals surface area (Å²) >= 11 is 1.76. The second-order valence-corrected chi connectivity index (χ2v) is 6.89. The number of nitrogens with one attached hydrogen (secondary N) is 3. The minimum Gasteiger partial charge on any atom is -0.357 e. The number of thiophene rings is 1. The van der Waals surface area contributed by atoms with E-state index in [4.69, 9.17) is 0 Å². The van der Waals surface area contributed by atoms with E-state index in [-0.39, 0.29) is 36.4 Å². The van der Waals surface area contributed by atoms with Crippen LogP contribution < -0.4 is 16.0 Å². The van der Waals surface area contributed by atoms with Crippen molar-refractivity contribution in [3.63, 3.8) is 0 Å². The number of carbonyl (C=O) groups excluding carboxylic acids is 1. The van der Waals surface area contributed by atoms with Gasteiger partial charge in [0.1, 0.15) is 6.54 Å². The Morgan fingerprint density at radius 2 is 2.08 bits per heavy atom. The number of rotatable bonds is 7. The molecule has 1 heterocycles. The van der Waals surface area contributed by atoms with Crippen molar-refractivity contribution in [1.82, 2.24) is 16.0 Å². The third kappa shape index (κ3) is 8.32. The van der Waals surface area contributed by atoms with E-state index in [9.17, 15) is 4.79 Å². The third-order valence-electron chi connectivity index (χ3n) is 3.94. The summed E-state index contributed by atoms with van der Waals surface area (Å²) in [5, 5.41) is 11.6. The molecule has 0 atom stereocenters. The lowest BCUT2D eigenvalue weighted by Crippen LogP contribution is -2.41. The zero-order valence-electron chi connectivity index (χ0n) is 14.3. The Balaban J connectivity index is 0.00000288. The molecular weight excluding hydrogens is 435 g/mol. The fourth-order valence-corrected chi connectivity index (χ4v) is 3.48. The Hall–Kier alpha value is -0.830. The van der Waals surface area contributed by atoms with Gasteiger partial charge in [-0.2, -0.15) is 0 Å². The number of hydrogen-bond donors (Lipinski definition) is 3. The standard InChI is InChI=1S/C17H28N4OS.HI/c1-2-18-17(19-11-10-15-9-6-12-23-15)20-13-16(22)21-14-7-4-3-5-8-14;/h6,9,12,14H,2-5,7-8,10-11,13H2,1H3,(H,21,22)(H2,18,19,20);1H. The average Bonchev–Trinajstić information content (AvgIpc) is 3.07. The van der Waals surface area contributed by atoms with E-state index in [0.29, 0.717) is 12.0 Å². The van der Waals surface area contributed by atoms with Crippen LogP contribution in [-0.4, -0.2) is 37.5 Å². The number of carbonyl (C=O) groups is 1. The van der Waals surface area contributed by atoms with Crippen LogP contribution in [0.15, 0.2) is 22.5 Å². The highest BCUT2D eigenvalue weighted by atomic mass is 127. The van der Waals surface area contributed by atoms with E-state index >= 15 is 0 Å². The molecule has 1 aromatic rings. The fraction of sp³-hybridized carbons (Fsp3) is 0.647. The lowest BCUT2D eigenvalue weighted by molar-refractivity contribution is -0.120. The van der Waals surface area contributed by atoms with E-state index in [1.165, 1.54) is 24.1 Å². The zero-order valence-corrected chi connectivity index (χ0v) is 17.5. The number of halogens is 1. The Labute approximate surface area is 166 Å². The van der Waals surface area contributed by atoms with E-state index in [2.05, 4.69) is 38.5 Å². The molecule has 5 nitrogen and oxygen atoms in total. The van der Waals surface area contributed by atoms with Crippen LogP contribution >= 0.6 is 35.3 Å². The maximum atomic E-state index is 12.0. The lowest BCUT2D eigenvalue weighted by Gasteiger charge is -2.22. The van der Waals surface area contributed by atoms with Crippen molar-refractivity contribution in [3.8, 4) is 0 Å². The average molecular weight is 464 g/mol. The van der Waals surface area contributed by atoms with E-state index in [0.717, 1.165) is 32.4 Å². The molecule has 1 saturated carbocycles. The van der Waals surface area contributed by atoms with Crippen LogP contribution in [0.5, 0.6) is 0 Å². The zero-order chi connectivity index (χ0) is 16.3. The van der Waals surface area contributed by atoms with Crippen molar-refractivity contribution in [1.29, 1.82) is 0 Å². The van der Waals surface area contributed by atoms with Crippen LogP contribution in [0.3, 0.4) is 0 Å². The highest BCUT2D eigenvalue weighted by Crippen LogP contribution is 2.17. The summed E-state index contributed by atoms with van der Waals surface area (Å²) in [6.07, 6.45) is 6.92. The molecule has 3 N–H and O–H groups in total. The number of aliphatic imine (C=N–C) groups is 1. The molecule has 0 spiro atoms. The molecule has 7 heteroatoms. The van der Waals surface area contributed by atoms with Gasteiger partial charge in [-0.05, 0) is 37.6 Å². The van der Waals surface area contributed by atoms with Gasteiger partial charge in [-0.3, -0.25) is 4.79 Å². The molecule has 0 radical (unpaired) electrons. The van der Waals surface area contributed by atoms with Crippen molar-refractivity contribution in [3.05, 3.63) is 22.4 Å². The number of nitrogens with zero attached hydrogens (tertiary/aromatic N) is 1. The van der Waals surface area contributed by atoms with Gasteiger partial charge >= 0.3 is 0 Å². The van der Waals surface area contributed by atoms with Crippen LogP contribution in [0.25, 0.3) is 0 Å². The van der Waals surface area contributed by atoms with E-state index in [1.807, 2.05) is 6.92 Å². The van der Waals surface area contributed by atoms with Gasteiger partial charge in [-0.1, -0.05) is 25.3 Å². The highest BCUT2D eigenvalue weighted by molar-refractivity contribution is 14.0. The molecule has 1 amide bonds. The van der Waals surface area contributed by atoms with Gasteiger partial charge in [0.2, 0.25) is 5.91 Å². The Morgan fingerprint density at radius 1 is 1.29 bits per heavy atom. The van der Waals surface area contributed by atoms with Crippen LogP contribution in [-0.2, 0) is 11.2 Å². The molecule has 1 aromatic heterocycles. The largest absolute Gasteiger partial charge is 0.357 e. The molecule has 1 fully saturated rings. The first-order chi connectivity index (χ1) is 11.3. The van der Waals surface area contributed by atoms with Crippen molar-refractivity contribution in [2.45, 2.75) is 51.5 Å². The number of amides is 1. The van der Waals surface area contributed by atoms with Crippen molar-refractivity contribution >= 4 is 47.2 Å². The fourth-order valence-electron chi connectivity index (χ4n) is 2.77. The Bertz CT molecular complexity index is 487. The minimum absolute atomic E-state index is 0. The van der Waals surface area contributed by atoms with E-state index in [1.54, 1.807) is 11.3 Å². The van der Waals surface area contributed by atoms with Crippen molar-refractivity contribution in [2.75, 3.05) is 19.6 Å². The van der Waals surface area contributed by atoms with Crippen molar-refractivity contribution < 1.29 is 4.79 Å². The summed E-state index contributed by atoms with van der Waals surface area (Å²) in [6.45, 7) is 3.81. The highest BCUT2D eigenvalue weighted by Gasteiger charge is 2.15. The molecule has 2 rings (SSSR count). The molecule has 0 bridgehead atoms. The molecule has 1 aliphatic carbocycles. The predicted octanol–water partition coefficient (Wildman–Crippen LogP) is 2.91. The second-order valence-electron chi connectivity index (χ2n) is 5.85. The first-order valence-electron chi connectivity index (χ1n) is 8.62. The number of guanidine groups is 1. The summed E-state index contributed by atoms with van der Waals surface area (Å²) in [6, 6.07) is 4.55. The Kier molecular flexibility index (Phi) is 11.1. The molecule has 136 valence electrons. The first kappa shape index (κ1) is 21.2. The lowest BCUT2D eigenvalue weighted by atomic mass is 9.95. The van der Waals surface area contributed by atoms with Gasteiger partial charge in [-0.25, -0.2) is 4.99 Å². The summed E-state index contributed by atoms with van der Waals surface area (Å²) < 4.78 is 0. The van der Waals surface area contributed by atoms with Gasteiger partial charge in [0, 0.05) is 24.0 Å². The molecule has 0 aliphatic heterocycles. The minimum atomic E-state index is 0. The molecule has 1 aliphatic rings. The second kappa shape index (κ2) is 12.5. The topological polar surface area (TPSA) is 65.5 Å². The summed E-state index contributed by atoms with van der Waals surface area (Å²) in [5.74, 6) is 0.732. The van der Waals surface area contributed by atoms with Crippen LogP contribution in [0, 0.1) is 0 Å². The smallest absolute Gasteiger partial charge is 0.242 e. The molecule has 0 unspecified atom stereocenters. The van der Waals surface area contributed by atoms with Gasteiger partial charge in [0.25, 0.3) is 0 Å². The quantitative estimate of drug-likeness (QED) is 0.330. The molecule has 0 saturated heterocycles. The summed E-state index contributed by atoms with van der Waals surface area (Å²) in [7, 11) is 0. The van der Waals surface area contributed by atoms with E-state index < -0.39 is 0 Å². The maximum Gasteiger partial charge on any atom is 0.242 e. The number of hydrogen-bond acceptors (Lipinski definition) is 3. The van der Waals surface area contributed by atoms with Gasteiger partial charge in [0.15, 0.2) is 5.96 Å². The van der Waals surface area contributed by atoms with Crippen LogP contribution in [0.1, 0.15) is 43.9 Å². The van der Waals surface area contributed by atoms with Gasteiger partial charge < -0.3 is 16.0 Å².